The Morgan fingerprint density at radius 1 is 1.39 bits per heavy atom. The monoisotopic (exact) mass is 467 g/mol. The van der Waals surface area contributed by atoms with Crippen molar-refractivity contribution in [2.75, 3.05) is 6.79 Å². The number of halogens is 1. The van der Waals surface area contributed by atoms with Gasteiger partial charge in [0.2, 0.25) is 12.7 Å². The molecule has 4 heterocycles. The van der Waals surface area contributed by atoms with Gasteiger partial charge in [-0.1, -0.05) is 11.6 Å². The number of carbonyl (C=O) groups is 3. The summed E-state index contributed by atoms with van der Waals surface area (Å²) in [6, 6.07) is -0.336. The molecule has 1 saturated heterocycles. The number of fused-ring (bicyclic) bond motifs is 2. The molecule has 2 aromatic heterocycles. The lowest BCUT2D eigenvalue weighted by molar-refractivity contribution is -0.175. The third-order valence-electron chi connectivity index (χ3n) is 5.38. The maximum Gasteiger partial charge on any atom is 0.358 e. The number of esters is 2. The lowest BCUT2D eigenvalue weighted by atomic mass is 9.83. The first kappa shape index (κ1) is 21.8. The molecule has 1 N–H and O–H groups in total. The van der Waals surface area contributed by atoms with Crippen molar-refractivity contribution in [1.82, 2.24) is 14.3 Å². The minimum absolute atomic E-state index is 0.104. The molecule has 2 aliphatic rings. The van der Waals surface area contributed by atoms with E-state index in [0.717, 1.165) is 4.88 Å². The Morgan fingerprint density at radius 2 is 2.10 bits per heavy atom. The van der Waals surface area contributed by atoms with Crippen LogP contribution in [-0.4, -0.2) is 56.2 Å². The zero-order valence-electron chi connectivity index (χ0n) is 17.4. The van der Waals surface area contributed by atoms with Crippen LogP contribution in [0.15, 0.2) is 18.2 Å². The number of rotatable bonds is 5. The second kappa shape index (κ2) is 7.61. The van der Waals surface area contributed by atoms with E-state index in [1.165, 1.54) is 16.2 Å². The first-order chi connectivity index (χ1) is 14.5. The molecule has 0 saturated carbocycles. The van der Waals surface area contributed by atoms with Gasteiger partial charge in [-0.25, -0.2) is 9.78 Å². The average molecular weight is 468 g/mol. The van der Waals surface area contributed by atoms with Gasteiger partial charge in [0, 0.05) is 11.8 Å². The van der Waals surface area contributed by atoms with E-state index in [2.05, 4.69) is 4.98 Å². The third kappa shape index (κ3) is 3.62. The number of aliphatic hydroxyl groups is 1. The Morgan fingerprint density at radius 3 is 2.71 bits per heavy atom. The van der Waals surface area contributed by atoms with Crippen molar-refractivity contribution in [1.29, 1.82) is 0 Å². The summed E-state index contributed by atoms with van der Waals surface area (Å²) in [6.07, 6.45) is 2.91. The summed E-state index contributed by atoms with van der Waals surface area (Å²) in [7, 11) is 0. The summed E-state index contributed by atoms with van der Waals surface area (Å²) >= 11 is 7.45. The zero-order chi connectivity index (χ0) is 22.7. The Kier molecular flexibility index (Phi) is 5.35. The van der Waals surface area contributed by atoms with Crippen LogP contribution in [0, 0.1) is 11.3 Å². The Bertz CT molecular complexity index is 1110. The number of thiazole rings is 1. The topological polar surface area (TPSA) is 110 Å². The number of amides is 1. The Balaban J connectivity index is 1.62. The van der Waals surface area contributed by atoms with Crippen molar-refractivity contribution in [3.05, 3.63) is 28.3 Å². The predicted molar refractivity (Wildman–Crippen MR) is 112 cm³/mol. The molecule has 0 unspecified atom stereocenters. The highest BCUT2D eigenvalue weighted by molar-refractivity contribution is 7.19. The summed E-state index contributed by atoms with van der Waals surface area (Å²) in [5, 5.41) is 10.3. The molecule has 0 aliphatic carbocycles. The van der Waals surface area contributed by atoms with E-state index in [-0.39, 0.29) is 17.6 Å². The quantitative estimate of drug-likeness (QED) is 0.408. The largest absolute Gasteiger partial charge is 0.427 e. The van der Waals surface area contributed by atoms with E-state index < -0.39 is 36.2 Å². The molecule has 4 rings (SSSR count). The number of aromatic nitrogens is 2. The highest BCUT2D eigenvalue weighted by Crippen LogP contribution is 2.48. The van der Waals surface area contributed by atoms with Crippen LogP contribution in [0.4, 0.5) is 0 Å². The Labute approximate surface area is 187 Å². The fourth-order valence-electron chi connectivity index (χ4n) is 3.81. The SMILES string of the molecule is C[C@@H](O)[C@H]1C(=O)N2C(C(=O)OCOC(=O)C(C)(C)C)=C(c3cn4cnc(Cl)c4s3)C[C@H]12. The van der Waals surface area contributed by atoms with E-state index in [4.69, 9.17) is 21.1 Å². The maximum absolute atomic E-state index is 12.9. The van der Waals surface area contributed by atoms with Crippen LogP contribution in [0.25, 0.3) is 10.4 Å². The molecule has 9 nitrogen and oxygen atoms in total. The number of hydrogen-bond donors (Lipinski definition) is 1. The van der Waals surface area contributed by atoms with Crippen molar-refractivity contribution >= 4 is 51.2 Å². The Hall–Kier alpha value is -2.43. The van der Waals surface area contributed by atoms with E-state index in [1.54, 1.807) is 44.6 Å². The van der Waals surface area contributed by atoms with Crippen molar-refractivity contribution < 1.29 is 29.0 Å². The number of ether oxygens (including phenoxy) is 2. The van der Waals surface area contributed by atoms with E-state index in [9.17, 15) is 19.5 Å². The summed E-state index contributed by atoms with van der Waals surface area (Å²) < 4.78 is 11.9. The molecule has 1 amide bonds. The summed E-state index contributed by atoms with van der Waals surface area (Å²) in [4.78, 5) is 44.4. The number of carbonyl (C=O) groups excluding carboxylic acids is 3. The molecular weight excluding hydrogens is 446 g/mol. The molecule has 0 radical (unpaired) electrons. The second-order valence-electron chi connectivity index (χ2n) is 8.65. The van der Waals surface area contributed by atoms with Crippen molar-refractivity contribution in [2.24, 2.45) is 11.3 Å². The smallest absolute Gasteiger partial charge is 0.358 e. The molecular formula is C20H22ClN3O6S. The molecule has 166 valence electrons. The molecule has 0 aromatic carbocycles. The number of β-lactam (4-membered cyclic amide) rings is 1. The molecule has 2 aromatic rings. The lowest BCUT2D eigenvalue weighted by Gasteiger charge is -2.44. The third-order valence-corrected chi connectivity index (χ3v) is 6.94. The minimum atomic E-state index is -0.837. The summed E-state index contributed by atoms with van der Waals surface area (Å²) in [6.45, 7) is 6.07. The van der Waals surface area contributed by atoms with Crippen LogP contribution < -0.4 is 0 Å². The van der Waals surface area contributed by atoms with Gasteiger partial charge in [0.1, 0.15) is 16.9 Å². The van der Waals surface area contributed by atoms with Crippen molar-refractivity contribution in [3.63, 3.8) is 0 Å². The highest BCUT2D eigenvalue weighted by Gasteiger charge is 2.57. The standard InChI is InChI=1S/C20H22ClN3O6S/c1-9(25)13-11-5-10(12-6-23-7-22-15(21)17(23)31-12)14(24(11)16(13)26)18(27)29-8-30-19(28)20(2,3)4/h6-7,9,11,13,25H,5,8H2,1-4H3/t9-,11-,13-/m1/s1. The fraction of sp³-hybridized carbons (Fsp3) is 0.500. The van der Waals surface area contributed by atoms with Crippen LogP contribution in [0.5, 0.6) is 0 Å². The lowest BCUT2D eigenvalue weighted by Crippen LogP contribution is -2.61. The number of hydrogen-bond acceptors (Lipinski definition) is 8. The van der Waals surface area contributed by atoms with Crippen molar-refractivity contribution in [2.45, 2.75) is 46.3 Å². The van der Waals surface area contributed by atoms with Gasteiger partial charge < -0.3 is 19.5 Å². The van der Waals surface area contributed by atoms with E-state index in [0.29, 0.717) is 22.0 Å². The van der Waals surface area contributed by atoms with Crippen LogP contribution in [-0.2, 0) is 23.9 Å². The van der Waals surface area contributed by atoms with Crippen LogP contribution >= 0.6 is 22.9 Å². The summed E-state index contributed by atoms with van der Waals surface area (Å²) in [5.74, 6) is -2.20. The molecule has 2 aliphatic heterocycles. The molecule has 3 atom stereocenters. The number of imidazole rings is 1. The van der Waals surface area contributed by atoms with Gasteiger partial charge >= 0.3 is 11.9 Å². The van der Waals surface area contributed by atoms with Gasteiger partial charge in [-0.05, 0) is 34.1 Å². The zero-order valence-corrected chi connectivity index (χ0v) is 19.0. The van der Waals surface area contributed by atoms with Crippen molar-refractivity contribution in [3.8, 4) is 0 Å². The first-order valence-corrected chi connectivity index (χ1v) is 10.9. The highest BCUT2D eigenvalue weighted by atomic mass is 35.5. The van der Waals surface area contributed by atoms with Crippen LogP contribution in [0.3, 0.4) is 0 Å². The van der Waals surface area contributed by atoms with E-state index in [1.807, 2.05) is 0 Å². The fourth-order valence-corrected chi connectivity index (χ4v) is 5.09. The second-order valence-corrected chi connectivity index (χ2v) is 10.0. The molecule has 11 heteroatoms. The summed E-state index contributed by atoms with van der Waals surface area (Å²) in [5.41, 5.74) is -0.00931. The van der Waals surface area contributed by atoms with Gasteiger partial charge in [-0.3, -0.25) is 14.0 Å². The number of nitrogens with zero attached hydrogens (tertiary/aromatic N) is 3. The van der Waals surface area contributed by atoms with Crippen LogP contribution in [0.1, 0.15) is 39.0 Å². The normalized spacial score (nSPS) is 21.9. The van der Waals surface area contributed by atoms with Gasteiger partial charge in [0.15, 0.2) is 5.15 Å². The number of aliphatic hydroxyl groups excluding tert-OH is 1. The molecule has 1 fully saturated rings. The van der Waals surface area contributed by atoms with Crippen LogP contribution in [0.2, 0.25) is 5.15 Å². The first-order valence-electron chi connectivity index (χ1n) is 9.71. The van der Waals surface area contributed by atoms with Gasteiger partial charge in [-0.15, -0.1) is 11.3 Å². The average Bonchev–Trinajstić information content (AvgIpc) is 3.32. The predicted octanol–water partition coefficient (Wildman–Crippen LogP) is 2.46. The molecule has 0 spiro atoms. The van der Waals surface area contributed by atoms with Gasteiger partial charge in [0.05, 0.1) is 28.4 Å². The van der Waals surface area contributed by atoms with E-state index >= 15 is 0 Å². The maximum atomic E-state index is 12.9. The molecule has 0 bridgehead atoms. The van der Waals surface area contributed by atoms with Gasteiger partial charge in [0.25, 0.3) is 0 Å². The van der Waals surface area contributed by atoms with Gasteiger partial charge in [-0.2, -0.15) is 0 Å². The molecule has 31 heavy (non-hydrogen) atoms. The minimum Gasteiger partial charge on any atom is -0.427 e.